The highest BCUT2D eigenvalue weighted by Gasteiger charge is 2.56. The molecule has 1 aromatic heterocycles. The Morgan fingerprint density at radius 2 is 1.91 bits per heavy atom. The maximum Gasteiger partial charge on any atom is 0.227 e. The molecule has 0 radical (unpaired) electrons. The molecular formula is C24H23N3O7S. The van der Waals surface area contributed by atoms with Crippen molar-refractivity contribution >= 4 is 39.7 Å². The summed E-state index contributed by atoms with van der Waals surface area (Å²) in [6.45, 7) is 5.84. The van der Waals surface area contributed by atoms with Gasteiger partial charge in [0, 0.05) is 41.9 Å². The molecule has 35 heavy (non-hydrogen) atoms. The predicted molar refractivity (Wildman–Crippen MR) is 127 cm³/mol. The van der Waals surface area contributed by atoms with Gasteiger partial charge >= 0.3 is 0 Å². The molecule has 2 heterocycles. The Morgan fingerprint density at radius 3 is 2.54 bits per heavy atom. The minimum atomic E-state index is -1.59. The summed E-state index contributed by atoms with van der Waals surface area (Å²) < 4.78 is 5.73. The lowest BCUT2D eigenvalue weighted by atomic mass is 9.70. The van der Waals surface area contributed by atoms with Gasteiger partial charge in [-0.2, -0.15) is 0 Å². The number of ether oxygens (including phenoxy) is 1. The molecule has 0 saturated heterocycles. The van der Waals surface area contributed by atoms with Gasteiger partial charge in [-0.25, -0.2) is 4.98 Å². The topological polar surface area (TPSA) is 155 Å². The van der Waals surface area contributed by atoms with Crippen molar-refractivity contribution in [2.24, 2.45) is 0 Å². The molecule has 1 amide bonds. The number of phenols is 2. The fraction of sp³-hybridized carbons (Fsp3) is 0.292. The SMILES string of the molecule is CC(=O)c1c(O)c(C)c(O)c2c1OC1=CC(=O)C(=C(C)NCCC(=O)Nc3nccs3)C(=O)[C@@]12C. The number of phenolic OH excluding ortho intramolecular Hbond substituents is 2. The van der Waals surface area contributed by atoms with Crippen molar-refractivity contribution in [3.8, 4) is 17.2 Å². The minimum absolute atomic E-state index is 0.0230. The van der Waals surface area contributed by atoms with Crippen molar-refractivity contribution in [2.45, 2.75) is 39.5 Å². The summed E-state index contributed by atoms with van der Waals surface area (Å²) in [7, 11) is 0. The van der Waals surface area contributed by atoms with Crippen molar-refractivity contribution in [1.82, 2.24) is 10.3 Å². The average Bonchev–Trinajstić information content (AvgIpc) is 3.38. The van der Waals surface area contributed by atoms with Crippen LogP contribution in [0.1, 0.15) is 48.7 Å². The van der Waals surface area contributed by atoms with Crippen LogP contribution in [0.4, 0.5) is 5.13 Å². The molecule has 2 aliphatic rings. The van der Waals surface area contributed by atoms with Gasteiger partial charge in [0.15, 0.2) is 22.5 Å². The first-order valence-corrected chi connectivity index (χ1v) is 11.6. The van der Waals surface area contributed by atoms with Crippen LogP contribution in [-0.4, -0.2) is 45.0 Å². The molecule has 0 bridgehead atoms. The van der Waals surface area contributed by atoms with E-state index in [9.17, 15) is 29.4 Å². The number of aromatic nitrogens is 1. The highest BCUT2D eigenvalue weighted by Crippen LogP contribution is 2.57. The summed E-state index contributed by atoms with van der Waals surface area (Å²) in [5, 5.41) is 29.0. The zero-order valence-electron chi connectivity index (χ0n) is 19.4. The largest absolute Gasteiger partial charge is 0.507 e. The summed E-state index contributed by atoms with van der Waals surface area (Å²) in [6, 6.07) is 0. The summed E-state index contributed by atoms with van der Waals surface area (Å²) in [5.41, 5.74) is -1.60. The van der Waals surface area contributed by atoms with Crippen LogP contribution < -0.4 is 15.4 Å². The van der Waals surface area contributed by atoms with Crippen molar-refractivity contribution in [3.05, 3.63) is 51.4 Å². The van der Waals surface area contributed by atoms with E-state index in [1.165, 1.54) is 32.1 Å². The molecular weight excluding hydrogens is 474 g/mol. The van der Waals surface area contributed by atoms with Gasteiger partial charge in [0.25, 0.3) is 0 Å². The number of carbonyl (C=O) groups is 4. The number of benzene rings is 1. The zero-order valence-corrected chi connectivity index (χ0v) is 20.3. The zero-order chi connectivity index (χ0) is 25.7. The Bertz CT molecular complexity index is 1360. The number of Topliss-reactive ketones (excluding diaryl/α,β-unsaturated/α-hetero) is 2. The minimum Gasteiger partial charge on any atom is -0.507 e. The highest BCUT2D eigenvalue weighted by molar-refractivity contribution is 7.13. The quantitative estimate of drug-likeness (QED) is 0.268. The molecule has 2 aromatic rings. The smallest absolute Gasteiger partial charge is 0.227 e. The van der Waals surface area contributed by atoms with E-state index in [-0.39, 0.29) is 64.1 Å². The van der Waals surface area contributed by atoms with Gasteiger partial charge in [0.2, 0.25) is 5.91 Å². The summed E-state index contributed by atoms with van der Waals surface area (Å²) in [6.07, 6.45) is 2.78. The van der Waals surface area contributed by atoms with E-state index < -0.39 is 28.5 Å². The van der Waals surface area contributed by atoms with Crippen LogP contribution in [0.15, 0.2) is 34.7 Å². The number of carbonyl (C=O) groups excluding carboxylic acids is 4. The number of fused-ring (bicyclic) bond motifs is 3. The highest BCUT2D eigenvalue weighted by atomic mass is 32.1. The van der Waals surface area contributed by atoms with E-state index in [2.05, 4.69) is 15.6 Å². The van der Waals surface area contributed by atoms with E-state index in [0.717, 1.165) is 6.08 Å². The second kappa shape index (κ2) is 8.66. The van der Waals surface area contributed by atoms with Crippen molar-refractivity contribution in [2.75, 3.05) is 11.9 Å². The molecule has 11 heteroatoms. The molecule has 4 rings (SSSR count). The average molecular weight is 498 g/mol. The van der Waals surface area contributed by atoms with Crippen LogP contribution in [-0.2, 0) is 19.8 Å². The Kier molecular flexibility index (Phi) is 5.97. The lowest BCUT2D eigenvalue weighted by Crippen LogP contribution is -2.41. The van der Waals surface area contributed by atoms with Gasteiger partial charge in [-0.1, -0.05) is 0 Å². The lowest BCUT2D eigenvalue weighted by Gasteiger charge is -2.29. The van der Waals surface area contributed by atoms with Crippen LogP contribution >= 0.6 is 11.3 Å². The third kappa shape index (κ3) is 3.77. The van der Waals surface area contributed by atoms with Gasteiger partial charge < -0.3 is 25.6 Å². The molecule has 1 aliphatic carbocycles. The van der Waals surface area contributed by atoms with Gasteiger partial charge in [-0.05, 0) is 27.7 Å². The Balaban J connectivity index is 1.66. The molecule has 0 saturated carbocycles. The lowest BCUT2D eigenvalue weighted by molar-refractivity contribution is -0.123. The van der Waals surface area contributed by atoms with Gasteiger partial charge in [-0.3, -0.25) is 19.2 Å². The molecule has 1 aromatic carbocycles. The standard InChI is InChI=1S/C24H23N3O7S/c1-10-19(31)17(12(3)28)21-18(20(10)32)24(4)14(34-21)9-13(29)16(22(24)33)11(2)25-6-5-15(30)27-23-26-7-8-35-23/h7-9,25,31-32H,5-6H2,1-4H3,(H,26,27,30)/t24-/m0/s1. The van der Waals surface area contributed by atoms with E-state index in [1.54, 1.807) is 18.5 Å². The van der Waals surface area contributed by atoms with E-state index >= 15 is 0 Å². The summed E-state index contributed by atoms with van der Waals surface area (Å²) in [4.78, 5) is 54.9. The second-order valence-electron chi connectivity index (χ2n) is 8.45. The normalized spacial score (nSPS) is 19.9. The number of aromatic hydroxyl groups is 2. The Morgan fingerprint density at radius 1 is 1.20 bits per heavy atom. The number of hydrogen-bond donors (Lipinski definition) is 4. The monoisotopic (exact) mass is 497 g/mol. The van der Waals surface area contributed by atoms with Gasteiger partial charge in [-0.15, -0.1) is 11.3 Å². The number of ketones is 3. The maximum atomic E-state index is 13.7. The third-order valence-corrected chi connectivity index (χ3v) is 6.87. The second-order valence-corrected chi connectivity index (χ2v) is 9.34. The number of rotatable bonds is 6. The molecule has 182 valence electrons. The molecule has 10 nitrogen and oxygen atoms in total. The first kappa shape index (κ1) is 24.1. The number of allylic oxidation sites excluding steroid dienone is 4. The fourth-order valence-electron chi connectivity index (χ4n) is 4.28. The van der Waals surface area contributed by atoms with E-state index in [1.807, 2.05) is 0 Å². The molecule has 1 aliphatic heterocycles. The van der Waals surface area contributed by atoms with Crippen LogP contribution in [0.5, 0.6) is 17.2 Å². The van der Waals surface area contributed by atoms with Crippen LogP contribution in [0.25, 0.3) is 0 Å². The number of anilines is 1. The van der Waals surface area contributed by atoms with Crippen LogP contribution in [0.3, 0.4) is 0 Å². The molecule has 0 spiro atoms. The third-order valence-electron chi connectivity index (χ3n) is 6.18. The molecule has 0 fully saturated rings. The number of amides is 1. The number of hydrogen-bond acceptors (Lipinski definition) is 10. The number of nitrogens with zero attached hydrogens (tertiary/aromatic N) is 1. The maximum absolute atomic E-state index is 13.7. The first-order valence-electron chi connectivity index (χ1n) is 10.7. The Labute approximate surface area is 204 Å². The summed E-state index contributed by atoms with van der Waals surface area (Å²) in [5.74, 6) is -3.06. The van der Waals surface area contributed by atoms with Crippen LogP contribution in [0.2, 0.25) is 0 Å². The van der Waals surface area contributed by atoms with Crippen molar-refractivity contribution in [1.29, 1.82) is 0 Å². The van der Waals surface area contributed by atoms with Gasteiger partial charge in [0.05, 0.1) is 11.1 Å². The first-order chi connectivity index (χ1) is 16.5. The van der Waals surface area contributed by atoms with Crippen molar-refractivity contribution < 1.29 is 34.1 Å². The van der Waals surface area contributed by atoms with Crippen LogP contribution in [0, 0.1) is 6.92 Å². The molecule has 0 unspecified atom stereocenters. The Hall–Kier alpha value is -3.99. The predicted octanol–water partition coefficient (Wildman–Crippen LogP) is 2.64. The van der Waals surface area contributed by atoms with E-state index in [0.29, 0.717) is 5.13 Å². The van der Waals surface area contributed by atoms with E-state index in [4.69, 9.17) is 4.74 Å². The molecule has 4 N–H and O–H groups in total. The fourth-order valence-corrected chi connectivity index (χ4v) is 4.83. The van der Waals surface area contributed by atoms with Gasteiger partial charge in [0.1, 0.15) is 34.0 Å². The number of thiazole rings is 1. The summed E-state index contributed by atoms with van der Waals surface area (Å²) >= 11 is 1.29. The molecule has 1 atom stereocenters. The number of nitrogens with one attached hydrogen (secondary N) is 2. The van der Waals surface area contributed by atoms with Crippen molar-refractivity contribution in [3.63, 3.8) is 0 Å².